The minimum atomic E-state index is -0.0749. The molecule has 0 aromatic heterocycles. The SMILES string of the molecule is C[C@]12CCC(NO[C@@H]3CCNC3)=CC1[C@@H](CCO)C[C@@H]1[C@@H]2CC[C@]2(C)C(=O)CC[C@@H]12. The summed E-state index contributed by atoms with van der Waals surface area (Å²) in [4.78, 5) is 18.7. The lowest BCUT2D eigenvalue weighted by atomic mass is 9.43. The van der Waals surface area contributed by atoms with Crippen molar-refractivity contribution in [3.05, 3.63) is 11.8 Å². The smallest absolute Gasteiger partial charge is 0.139 e. The first kappa shape index (κ1) is 21.0. The Morgan fingerprint density at radius 1 is 1.20 bits per heavy atom. The molecule has 1 saturated heterocycles. The molecule has 1 aliphatic heterocycles. The Balaban J connectivity index is 1.38. The Morgan fingerprint density at radius 3 is 2.83 bits per heavy atom. The van der Waals surface area contributed by atoms with Crippen LogP contribution in [0.25, 0.3) is 0 Å². The second kappa shape index (κ2) is 7.90. The molecule has 5 heteroatoms. The average molecular weight is 417 g/mol. The van der Waals surface area contributed by atoms with Gasteiger partial charge in [0.15, 0.2) is 0 Å². The van der Waals surface area contributed by atoms with Gasteiger partial charge in [-0.15, -0.1) is 0 Å². The Hall–Kier alpha value is -0.910. The molecule has 0 bridgehead atoms. The molecule has 3 N–H and O–H groups in total. The molecule has 0 aromatic carbocycles. The van der Waals surface area contributed by atoms with Crippen LogP contribution in [0.2, 0.25) is 0 Å². The lowest BCUT2D eigenvalue weighted by molar-refractivity contribution is -0.140. The van der Waals surface area contributed by atoms with E-state index < -0.39 is 0 Å². The predicted octanol–water partition coefficient (Wildman–Crippen LogP) is 3.58. The molecule has 0 amide bonds. The van der Waals surface area contributed by atoms with Crippen LogP contribution in [0.3, 0.4) is 0 Å². The second-order valence-electron chi connectivity index (χ2n) is 11.4. The minimum absolute atomic E-state index is 0.0749. The van der Waals surface area contributed by atoms with Gasteiger partial charge >= 0.3 is 0 Å². The molecule has 0 spiro atoms. The summed E-state index contributed by atoms with van der Waals surface area (Å²) < 4.78 is 0. The molecule has 168 valence electrons. The summed E-state index contributed by atoms with van der Waals surface area (Å²) in [5, 5.41) is 13.2. The van der Waals surface area contributed by atoms with E-state index in [0.717, 1.165) is 51.6 Å². The van der Waals surface area contributed by atoms with Gasteiger partial charge in [0.05, 0.1) is 6.10 Å². The van der Waals surface area contributed by atoms with E-state index in [4.69, 9.17) is 4.84 Å². The quantitative estimate of drug-likeness (QED) is 0.598. The van der Waals surface area contributed by atoms with Crippen molar-refractivity contribution in [3.8, 4) is 0 Å². The van der Waals surface area contributed by atoms with Crippen molar-refractivity contribution in [1.82, 2.24) is 10.8 Å². The molecule has 4 fully saturated rings. The highest BCUT2D eigenvalue weighted by atomic mass is 16.7. The third kappa shape index (κ3) is 3.27. The molecule has 0 aromatic rings. The highest BCUT2D eigenvalue weighted by Crippen LogP contribution is 2.66. The Morgan fingerprint density at radius 2 is 2.07 bits per heavy atom. The number of Topliss-reactive ketones (excluding diaryl/α,β-unsaturated/α-hetero) is 1. The standard InChI is InChI=1S/C25H40N2O3/c1-24-9-5-17(27-30-18-7-11-26-15-18)14-22(24)16(8-12-28)13-19-20-3-4-23(29)25(20,2)10-6-21(19)24/h14,16,18-22,26-28H,3-13,15H2,1-2H3/t16-,18+,19-,20-,21-,22?,24+,25-/m0/s1. The zero-order chi connectivity index (χ0) is 20.9. The first-order chi connectivity index (χ1) is 14.5. The van der Waals surface area contributed by atoms with E-state index in [9.17, 15) is 9.90 Å². The number of rotatable bonds is 5. The van der Waals surface area contributed by atoms with Crippen molar-refractivity contribution in [2.75, 3.05) is 19.7 Å². The molecule has 5 nitrogen and oxygen atoms in total. The van der Waals surface area contributed by atoms with Gasteiger partial charge < -0.3 is 10.4 Å². The topological polar surface area (TPSA) is 70.6 Å². The van der Waals surface area contributed by atoms with Crippen LogP contribution in [0.15, 0.2) is 11.8 Å². The van der Waals surface area contributed by atoms with Crippen molar-refractivity contribution < 1.29 is 14.7 Å². The van der Waals surface area contributed by atoms with Gasteiger partial charge in [-0.3, -0.25) is 15.1 Å². The molecule has 0 radical (unpaired) electrons. The van der Waals surface area contributed by atoms with Gasteiger partial charge in [0.25, 0.3) is 0 Å². The lowest BCUT2D eigenvalue weighted by Gasteiger charge is -2.61. The van der Waals surface area contributed by atoms with E-state index in [-0.39, 0.29) is 23.5 Å². The number of fused-ring (bicyclic) bond motifs is 5. The first-order valence-electron chi connectivity index (χ1n) is 12.4. The van der Waals surface area contributed by atoms with E-state index in [1.807, 2.05) is 0 Å². The number of aliphatic hydroxyl groups is 1. The molecule has 4 aliphatic carbocycles. The van der Waals surface area contributed by atoms with Gasteiger partial charge in [-0.25, -0.2) is 0 Å². The van der Waals surface area contributed by atoms with E-state index in [1.165, 1.54) is 25.0 Å². The van der Waals surface area contributed by atoms with E-state index in [1.54, 1.807) is 0 Å². The Labute approximate surface area is 181 Å². The summed E-state index contributed by atoms with van der Waals surface area (Å²) in [5.74, 6) is 3.43. The van der Waals surface area contributed by atoms with Crippen molar-refractivity contribution in [3.63, 3.8) is 0 Å². The second-order valence-corrected chi connectivity index (χ2v) is 11.4. The van der Waals surface area contributed by atoms with Crippen LogP contribution in [0, 0.1) is 40.4 Å². The maximum atomic E-state index is 12.7. The maximum absolute atomic E-state index is 12.7. The van der Waals surface area contributed by atoms with Crippen LogP contribution in [0.1, 0.15) is 71.6 Å². The van der Waals surface area contributed by atoms with Crippen LogP contribution < -0.4 is 10.8 Å². The number of allylic oxidation sites excluding steroid dienone is 2. The number of hydroxylamine groups is 1. The number of carbonyl (C=O) groups excluding carboxylic acids is 1. The van der Waals surface area contributed by atoms with E-state index in [2.05, 4.69) is 30.7 Å². The predicted molar refractivity (Wildman–Crippen MR) is 116 cm³/mol. The Bertz CT molecular complexity index is 703. The molecule has 5 aliphatic rings. The summed E-state index contributed by atoms with van der Waals surface area (Å²) in [6, 6.07) is 0. The van der Waals surface area contributed by atoms with Gasteiger partial charge in [-0.1, -0.05) is 19.9 Å². The van der Waals surface area contributed by atoms with Crippen molar-refractivity contribution >= 4 is 5.78 Å². The third-order valence-corrected chi connectivity index (χ3v) is 10.0. The van der Waals surface area contributed by atoms with Crippen LogP contribution in [-0.2, 0) is 9.63 Å². The molecular weight excluding hydrogens is 376 g/mol. The largest absolute Gasteiger partial charge is 0.396 e. The molecule has 8 atom stereocenters. The number of hydrogen-bond acceptors (Lipinski definition) is 5. The zero-order valence-electron chi connectivity index (χ0n) is 18.8. The fraction of sp³-hybridized carbons (Fsp3) is 0.880. The van der Waals surface area contributed by atoms with Crippen LogP contribution in [0.5, 0.6) is 0 Å². The summed E-state index contributed by atoms with van der Waals surface area (Å²) in [5.41, 5.74) is 4.75. The van der Waals surface area contributed by atoms with Crippen molar-refractivity contribution in [2.24, 2.45) is 40.4 Å². The van der Waals surface area contributed by atoms with Crippen LogP contribution >= 0.6 is 0 Å². The van der Waals surface area contributed by atoms with E-state index in [0.29, 0.717) is 35.4 Å². The van der Waals surface area contributed by atoms with E-state index >= 15 is 0 Å². The van der Waals surface area contributed by atoms with Gasteiger partial charge in [0.2, 0.25) is 0 Å². The lowest BCUT2D eigenvalue weighted by Crippen LogP contribution is -2.55. The molecule has 3 saturated carbocycles. The number of nitrogens with one attached hydrogen (secondary N) is 2. The van der Waals surface area contributed by atoms with Crippen LogP contribution in [0.4, 0.5) is 0 Å². The molecular formula is C25H40N2O3. The third-order valence-electron chi connectivity index (χ3n) is 10.0. The summed E-state index contributed by atoms with van der Waals surface area (Å²) in [6.07, 6.45) is 12.2. The normalized spacial score (nSPS) is 48.0. The van der Waals surface area contributed by atoms with Gasteiger partial charge in [-0.05, 0) is 92.9 Å². The van der Waals surface area contributed by atoms with Gasteiger partial charge in [-0.2, -0.15) is 0 Å². The zero-order valence-corrected chi connectivity index (χ0v) is 18.8. The number of aliphatic hydroxyl groups excluding tert-OH is 1. The summed E-state index contributed by atoms with van der Waals surface area (Å²) in [6.45, 7) is 7.01. The monoisotopic (exact) mass is 416 g/mol. The maximum Gasteiger partial charge on any atom is 0.139 e. The van der Waals surface area contributed by atoms with Crippen molar-refractivity contribution in [1.29, 1.82) is 0 Å². The number of ketones is 1. The summed E-state index contributed by atoms with van der Waals surface area (Å²) >= 11 is 0. The number of carbonyl (C=O) groups is 1. The molecule has 1 heterocycles. The number of hydrogen-bond donors (Lipinski definition) is 3. The molecule has 30 heavy (non-hydrogen) atoms. The molecule has 5 rings (SSSR count). The van der Waals surface area contributed by atoms with Crippen LogP contribution in [-0.4, -0.2) is 36.7 Å². The van der Waals surface area contributed by atoms with Gasteiger partial charge in [0.1, 0.15) is 5.78 Å². The average Bonchev–Trinajstić information content (AvgIpc) is 3.35. The van der Waals surface area contributed by atoms with Gasteiger partial charge in [0, 0.05) is 30.7 Å². The fourth-order valence-electron chi connectivity index (χ4n) is 8.31. The highest BCUT2D eigenvalue weighted by Gasteiger charge is 2.61. The van der Waals surface area contributed by atoms with Crippen molar-refractivity contribution in [2.45, 2.75) is 77.7 Å². The summed E-state index contributed by atoms with van der Waals surface area (Å²) in [7, 11) is 0. The Kier molecular flexibility index (Phi) is 5.52. The minimum Gasteiger partial charge on any atom is -0.396 e. The first-order valence-corrected chi connectivity index (χ1v) is 12.4. The fourth-order valence-corrected chi connectivity index (χ4v) is 8.31. The molecule has 1 unspecified atom stereocenters. The highest BCUT2D eigenvalue weighted by molar-refractivity contribution is 5.87.